The predicted octanol–water partition coefficient (Wildman–Crippen LogP) is 5.61. The maximum atomic E-state index is 13.8. The lowest BCUT2D eigenvalue weighted by molar-refractivity contribution is -0.132. The second-order valence-electron chi connectivity index (χ2n) is 9.40. The number of thiophene rings is 1. The van der Waals surface area contributed by atoms with Gasteiger partial charge in [-0.05, 0) is 80.8 Å². The van der Waals surface area contributed by atoms with E-state index in [0.717, 1.165) is 10.4 Å². The molecule has 0 aliphatic heterocycles. The normalized spacial score (nSPS) is 10.7. The van der Waals surface area contributed by atoms with E-state index in [2.05, 4.69) is 11.4 Å². The summed E-state index contributed by atoms with van der Waals surface area (Å²) >= 11 is 1.67. The average Bonchev–Trinajstić information content (AvgIpc) is 3.41. The molecule has 3 amide bonds. The van der Waals surface area contributed by atoms with Crippen LogP contribution in [-0.4, -0.2) is 75.9 Å². The maximum Gasteiger partial charge on any atom is 0.322 e. The number of nitrogens with one attached hydrogen (secondary N) is 1. The molecule has 0 aliphatic carbocycles. The van der Waals surface area contributed by atoms with Gasteiger partial charge in [-0.3, -0.25) is 4.79 Å². The van der Waals surface area contributed by atoms with E-state index in [1.807, 2.05) is 43.0 Å². The predicted molar refractivity (Wildman–Crippen MR) is 162 cm³/mol. The highest BCUT2D eigenvalue weighted by Gasteiger charge is 2.22. The molecule has 9 nitrogen and oxygen atoms in total. The Labute approximate surface area is 247 Å². The van der Waals surface area contributed by atoms with Crippen LogP contribution >= 0.6 is 11.3 Å². The first-order valence-electron chi connectivity index (χ1n) is 13.7. The van der Waals surface area contributed by atoms with Crippen molar-refractivity contribution < 1.29 is 28.5 Å². The molecule has 1 heterocycles. The fraction of sp³-hybridized carbons (Fsp3) is 0.419. The van der Waals surface area contributed by atoms with Crippen LogP contribution in [0.15, 0.2) is 54.6 Å². The minimum Gasteiger partial charge on any atom is -0.497 e. The van der Waals surface area contributed by atoms with E-state index in [0.29, 0.717) is 68.6 Å². The minimum absolute atomic E-state index is 0.0512. The Morgan fingerprint density at radius 1 is 0.878 bits per heavy atom. The number of benzene rings is 2. The Morgan fingerprint density at radius 2 is 1.63 bits per heavy atom. The number of hydrogen-bond donors (Lipinski definition) is 1. The zero-order chi connectivity index (χ0) is 29.6. The smallest absolute Gasteiger partial charge is 0.322 e. The third-order valence-corrected chi connectivity index (χ3v) is 7.47. The van der Waals surface area contributed by atoms with Gasteiger partial charge in [0, 0.05) is 41.7 Å². The molecule has 3 aromatic rings. The molecule has 1 N–H and O–H groups in total. The molecule has 3 rings (SSSR count). The third-order valence-electron chi connectivity index (χ3n) is 6.49. The Kier molecular flexibility index (Phi) is 12.8. The monoisotopic (exact) mass is 583 g/mol. The Balaban J connectivity index is 1.75. The molecule has 0 aliphatic rings. The molecule has 222 valence electrons. The van der Waals surface area contributed by atoms with E-state index in [1.165, 1.54) is 4.88 Å². The standard InChI is InChI=1S/C31H41N3O6S/c1-6-40-19-7-17-34(31(36)32-25-10-12-26(37-3)13-11-25)22-30(35)33(21-27-14-8-23(2)41-27)18-16-24-9-15-28(38-4)29(20-24)39-5/h8-15,20H,6-7,16-19,21-22H2,1-5H3,(H,32,36). The van der Waals surface area contributed by atoms with Crippen LogP contribution in [0.25, 0.3) is 0 Å². The maximum absolute atomic E-state index is 13.8. The van der Waals surface area contributed by atoms with Crippen LogP contribution in [0.5, 0.6) is 17.2 Å². The molecule has 0 saturated carbocycles. The molecule has 0 bridgehead atoms. The van der Waals surface area contributed by atoms with Gasteiger partial charge >= 0.3 is 6.03 Å². The fourth-order valence-electron chi connectivity index (χ4n) is 4.24. The van der Waals surface area contributed by atoms with Crippen molar-refractivity contribution in [2.75, 3.05) is 59.5 Å². The SMILES string of the molecule is CCOCCCN(CC(=O)N(CCc1ccc(OC)c(OC)c1)Cc1ccc(C)s1)C(=O)Nc1ccc(OC)cc1. The summed E-state index contributed by atoms with van der Waals surface area (Å²) in [7, 11) is 4.80. The van der Waals surface area contributed by atoms with Crippen LogP contribution in [0, 0.1) is 6.92 Å². The summed E-state index contributed by atoms with van der Waals surface area (Å²) in [5.41, 5.74) is 1.64. The molecule has 0 spiro atoms. The van der Waals surface area contributed by atoms with E-state index in [4.69, 9.17) is 18.9 Å². The van der Waals surface area contributed by atoms with Crippen molar-refractivity contribution in [2.24, 2.45) is 0 Å². The molecule has 0 radical (unpaired) electrons. The van der Waals surface area contributed by atoms with Crippen molar-refractivity contribution in [1.82, 2.24) is 9.80 Å². The highest BCUT2D eigenvalue weighted by molar-refractivity contribution is 7.11. The Bertz CT molecular complexity index is 1250. The van der Waals surface area contributed by atoms with Crippen LogP contribution in [0.3, 0.4) is 0 Å². The number of aryl methyl sites for hydroxylation is 1. The number of rotatable bonds is 16. The zero-order valence-corrected chi connectivity index (χ0v) is 25.4. The molecule has 1 aromatic heterocycles. The summed E-state index contributed by atoms with van der Waals surface area (Å²) in [6.45, 7) is 6.37. The highest BCUT2D eigenvalue weighted by atomic mass is 32.1. The first-order chi connectivity index (χ1) is 19.9. The van der Waals surface area contributed by atoms with Crippen molar-refractivity contribution in [3.8, 4) is 17.2 Å². The lowest BCUT2D eigenvalue weighted by Gasteiger charge is -2.28. The number of urea groups is 1. The topological polar surface area (TPSA) is 89.6 Å². The largest absolute Gasteiger partial charge is 0.497 e. The van der Waals surface area contributed by atoms with Crippen molar-refractivity contribution in [3.63, 3.8) is 0 Å². The summed E-state index contributed by atoms with van der Waals surface area (Å²) in [4.78, 5) is 32.7. The second-order valence-corrected chi connectivity index (χ2v) is 10.8. The first kappa shape index (κ1) is 31.8. The fourth-order valence-corrected chi connectivity index (χ4v) is 5.15. The molecule has 0 fully saturated rings. The van der Waals surface area contributed by atoms with Gasteiger partial charge in [-0.25, -0.2) is 4.79 Å². The van der Waals surface area contributed by atoms with E-state index in [1.54, 1.807) is 61.8 Å². The molecular weight excluding hydrogens is 542 g/mol. The first-order valence-corrected chi connectivity index (χ1v) is 14.5. The van der Waals surface area contributed by atoms with Gasteiger partial charge in [0.1, 0.15) is 12.3 Å². The Hall–Kier alpha value is -3.76. The van der Waals surface area contributed by atoms with Gasteiger partial charge in [0.25, 0.3) is 0 Å². The number of nitrogens with zero attached hydrogens (tertiary/aromatic N) is 2. The van der Waals surface area contributed by atoms with Crippen LogP contribution in [0.1, 0.15) is 28.7 Å². The number of methoxy groups -OCH3 is 3. The number of ether oxygens (including phenoxy) is 4. The van der Waals surface area contributed by atoms with E-state index < -0.39 is 0 Å². The molecular formula is C31H41N3O6S. The van der Waals surface area contributed by atoms with Crippen molar-refractivity contribution in [3.05, 3.63) is 69.9 Å². The zero-order valence-electron chi connectivity index (χ0n) is 24.6. The molecule has 41 heavy (non-hydrogen) atoms. The highest BCUT2D eigenvalue weighted by Crippen LogP contribution is 2.28. The van der Waals surface area contributed by atoms with E-state index in [9.17, 15) is 9.59 Å². The average molecular weight is 584 g/mol. The van der Waals surface area contributed by atoms with Crippen molar-refractivity contribution in [1.29, 1.82) is 0 Å². The molecule has 0 saturated heterocycles. The van der Waals surface area contributed by atoms with Gasteiger partial charge in [0.15, 0.2) is 11.5 Å². The van der Waals surface area contributed by atoms with E-state index in [-0.39, 0.29) is 18.5 Å². The minimum atomic E-state index is -0.341. The number of carbonyl (C=O) groups is 2. The third kappa shape index (κ3) is 9.98. The number of amides is 3. The summed E-state index contributed by atoms with van der Waals surface area (Å²) in [5.74, 6) is 1.87. The van der Waals surface area contributed by atoms with Gasteiger partial charge in [0.05, 0.1) is 27.9 Å². The molecule has 10 heteroatoms. The van der Waals surface area contributed by atoms with Crippen molar-refractivity contribution >= 4 is 29.0 Å². The summed E-state index contributed by atoms with van der Waals surface area (Å²) in [6.07, 6.45) is 1.24. The molecule has 2 aromatic carbocycles. The van der Waals surface area contributed by atoms with Gasteiger partial charge in [-0.1, -0.05) is 6.07 Å². The number of carbonyl (C=O) groups excluding carboxylic acids is 2. The summed E-state index contributed by atoms with van der Waals surface area (Å²) in [6, 6.07) is 16.6. The Morgan fingerprint density at radius 3 is 2.27 bits per heavy atom. The molecule has 0 atom stereocenters. The summed E-state index contributed by atoms with van der Waals surface area (Å²) in [5, 5.41) is 2.91. The van der Waals surface area contributed by atoms with Gasteiger partial charge in [-0.15, -0.1) is 11.3 Å². The van der Waals surface area contributed by atoms with Crippen LogP contribution < -0.4 is 19.5 Å². The number of hydrogen-bond acceptors (Lipinski definition) is 7. The summed E-state index contributed by atoms with van der Waals surface area (Å²) < 4.78 is 21.5. The van der Waals surface area contributed by atoms with Crippen LogP contribution in [-0.2, 0) is 22.5 Å². The van der Waals surface area contributed by atoms with Gasteiger partial charge < -0.3 is 34.1 Å². The molecule has 0 unspecified atom stereocenters. The van der Waals surface area contributed by atoms with Crippen LogP contribution in [0.2, 0.25) is 0 Å². The second kappa shape index (κ2) is 16.5. The lowest BCUT2D eigenvalue weighted by Crippen LogP contribution is -2.45. The lowest BCUT2D eigenvalue weighted by atomic mass is 10.1. The van der Waals surface area contributed by atoms with E-state index >= 15 is 0 Å². The van der Waals surface area contributed by atoms with Gasteiger partial charge in [-0.2, -0.15) is 0 Å². The quantitative estimate of drug-likeness (QED) is 0.221. The van der Waals surface area contributed by atoms with Crippen LogP contribution in [0.4, 0.5) is 10.5 Å². The van der Waals surface area contributed by atoms with Crippen molar-refractivity contribution in [2.45, 2.75) is 33.2 Å². The number of anilines is 1. The van der Waals surface area contributed by atoms with Gasteiger partial charge in [0.2, 0.25) is 5.91 Å².